The van der Waals surface area contributed by atoms with Gasteiger partial charge in [-0.15, -0.1) is 13.2 Å². The number of pyridine rings is 1. The van der Waals surface area contributed by atoms with E-state index in [1.807, 2.05) is 0 Å². The second-order valence-electron chi connectivity index (χ2n) is 4.19. The number of carbonyl (C=O) groups is 1. The van der Waals surface area contributed by atoms with Gasteiger partial charge in [-0.2, -0.15) is 0 Å². The number of rotatable bonds is 4. The highest BCUT2D eigenvalue weighted by Gasteiger charge is 2.31. The van der Waals surface area contributed by atoms with Crippen molar-refractivity contribution in [3.8, 4) is 22.8 Å². The highest BCUT2D eigenvalue weighted by Crippen LogP contribution is 2.30. The zero-order valence-electron chi connectivity index (χ0n) is 11.2. The van der Waals surface area contributed by atoms with E-state index in [0.29, 0.717) is 11.4 Å². The van der Waals surface area contributed by atoms with Crippen molar-refractivity contribution in [3.63, 3.8) is 0 Å². The highest BCUT2D eigenvalue weighted by atomic mass is 19.4. The molecule has 0 unspecified atom stereocenters. The number of halogens is 3. The standard InChI is InChI=1S/C14H10F3NO4/c1-21-12-3-2-8(7-18-12)9-4-10(13(19)20)6-11(5-9)22-14(15,16)17/h2-7H,1H3,(H,19,20). The number of methoxy groups -OCH3 is 1. The van der Waals surface area contributed by atoms with Crippen LogP contribution >= 0.6 is 0 Å². The van der Waals surface area contributed by atoms with E-state index >= 15 is 0 Å². The maximum atomic E-state index is 12.3. The van der Waals surface area contributed by atoms with Gasteiger partial charge in [0.15, 0.2) is 0 Å². The largest absolute Gasteiger partial charge is 0.573 e. The van der Waals surface area contributed by atoms with Crippen LogP contribution in [-0.4, -0.2) is 29.5 Å². The van der Waals surface area contributed by atoms with Crippen LogP contribution in [0, 0.1) is 0 Å². The number of alkyl halides is 3. The van der Waals surface area contributed by atoms with Crippen LogP contribution in [0.2, 0.25) is 0 Å². The van der Waals surface area contributed by atoms with E-state index in [2.05, 4.69) is 9.72 Å². The van der Waals surface area contributed by atoms with E-state index in [-0.39, 0.29) is 11.1 Å². The first kappa shape index (κ1) is 15.6. The normalized spacial score (nSPS) is 11.1. The average molecular weight is 313 g/mol. The Kier molecular flexibility index (Phi) is 4.20. The number of hydrogen-bond donors (Lipinski definition) is 1. The topological polar surface area (TPSA) is 68.7 Å². The van der Waals surface area contributed by atoms with Gasteiger partial charge in [0, 0.05) is 17.8 Å². The fourth-order valence-corrected chi connectivity index (χ4v) is 1.75. The van der Waals surface area contributed by atoms with Crippen molar-refractivity contribution in [3.05, 3.63) is 42.1 Å². The molecule has 0 atom stereocenters. The lowest BCUT2D eigenvalue weighted by Crippen LogP contribution is -2.17. The molecule has 0 saturated carbocycles. The van der Waals surface area contributed by atoms with Crippen molar-refractivity contribution in [2.24, 2.45) is 0 Å². The summed E-state index contributed by atoms with van der Waals surface area (Å²) >= 11 is 0. The molecular formula is C14H10F3NO4. The van der Waals surface area contributed by atoms with Crippen molar-refractivity contribution in [2.45, 2.75) is 6.36 Å². The van der Waals surface area contributed by atoms with E-state index in [9.17, 15) is 18.0 Å². The van der Waals surface area contributed by atoms with Crippen LogP contribution < -0.4 is 9.47 Å². The molecule has 1 N–H and O–H groups in total. The third-order valence-electron chi connectivity index (χ3n) is 2.67. The predicted octanol–water partition coefficient (Wildman–Crippen LogP) is 3.35. The van der Waals surface area contributed by atoms with Gasteiger partial charge in [0.1, 0.15) is 5.75 Å². The van der Waals surface area contributed by atoms with Gasteiger partial charge in [-0.05, 0) is 29.8 Å². The lowest BCUT2D eigenvalue weighted by atomic mass is 10.0. The Hall–Kier alpha value is -2.77. The number of carboxylic acid groups (broad SMARTS) is 1. The molecule has 0 aliphatic carbocycles. The SMILES string of the molecule is COc1ccc(-c2cc(OC(F)(F)F)cc(C(=O)O)c2)cn1. The Morgan fingerprint density at radius 3 is 2.41 bits per heavy atom. The minimum atomic E-state index is -4.91. The molecule has 0 spiro atoms. The summed E-state index contributed by atoms with van der Waals surface area (Å²) in [7, 11) is 1.42. The molecule has 1 aromatic carbocycles. The molecule has 0 aliphatic heterocycles. The van der Waals surface area contributed by atoms with E-state index in [1.165, 1.54) is 25.4 Å². The monoisotopic (exact) mass is 313 g/mol. The highest BCUT2D eigenvalue weighted by molar-refractivity contribution is 5.90. The summed E-state index contributed by atoms with van der Waals surface area (Å²) in [5.41, 5.74) is 0.331. The van der Waals surface area contributed by atoms with Crippen LogP contribution in [0.4, 0.5) is 13.2 Å². The van der Waals surface area contributed by atoms with E-state index in [0.717, 1.165) is 12.1 Å². The van der Waals surface area contributed by atoms with Crippen LogP contribution in [-0.2, 0) is 0 Å². The first-order chi connectivity index (χ1) is 10.3. The zero-order valence-corrected chi connectivity index (χ0v) is 11.2. The van der Waals surface area contributed by atoms with Gasteiger partial charge in [0.25, 0.3) is 0 Å². The third kappa shape index (κ3) is 3.87. The first-order valence-corrected chi connectivity index (χ1v) is 5.93. The number of hydrogen-bond acceptors (Lipinski definition) is 4. The van der Waals surface area contributed by atoms with Gasteiger partial charge in [-0.3, -0.25) is 0 Å². The zero-order chi connectivity index (χ0) is 16.3. The quantitative estimate of drug-likeness (QED) is 0.937. The predicted molar refractivity (Wildman–Crippen MR) is 69.9 cm³/mol. The molecule has 0 radical (unpaired) electrons. The molecule has 0 aliphatic rings. The molecule has 0 fully saturated rings. The Morgan fingerprint density at radius 1 is 1.18 bits per heavy atom. The number of aromatic carboxylic acids is 1. The van der Waals surface area contributed by atoms with Crippen LogP contribution in [0.5, 0.6) is 11.6 Å². The van der Waals surface area contributed by atoms with Crippen molar-refractivity contribution < 1.29 is 32.5 Å². The van der Waals surface area contributed by atoms with Gasteiger partial charge in [0.2, 0.25) is 5.88 Å². The number of aromatic nitrogens is 1. The van der Waals surface area contributed by atoms with Gasteiger partial charge < -0.3 is 14.6 Å². The number of nitrogens with zero attached hydrogens (tertiary/aromatic N) is 1. The van der Waals surface area contributed by atoms with Gasteiger partial charge in [-0.25, -0.2) is 9.78 Å². The van der Waals surface area contributed by atoms with Gasteiger partial charge >= 0.3 is 12.3 Å². The summed E-state index contributed by atoms with van der Waals surface area (Å²) in [5, 5.41) is 8.99. The van der Waals surface area contributed by atoms with Crippen molar-refractivity contribution in [2.75, 3.05) is 7.11 Å². The molecule has 2 rings (SSSR count). The fourth-order valence-electron chi connectivity index (χ4n) is 1.75. The lowest BCUT2D eigenvalue weighted by Gasteiger charge is -2.11. The molecule has 1 aromatic heterocycles. The molecule has 116 valence electrons. The maximum absolute atomic E-state index is 12.3. The molecule has 8 heteroatoms. The molecule has 2 aromatic rings. The Labute approximate surface area is 122 Å². The Morgan fingerprint density at radius 2 is 1.91 bits per heavy atom. The Balaban J connectivity index is 2.46. The molecule has 22 heavy (non-hydrogen) atoms. The van der Waals surface area contributed by atoms with Crippen LogP contribution in [0.15, 0.2) is 36.5 Å². The average Bonchev–Trinajstić information content (AvgIpc) is 2.45. The number of carboxylic acids is 1. The van der Waals surface area contributed by atoms with Gasteiger partial charge in [0.05, 0.1) is 12.7 Å². The fraction of sp³-hybridized carbons (Fsp3) is 0.143. The molecule has 0 amide bonds. The maximum Gasteiger partial charge on any atom is 0.573 e. The van der Waals surface area contributed by atoms with Crippen molar-refractivity contribution >= 4 is 5.97 Å². The third-order valence-corrected chi connectivity index (χ3v) is 2.67. The lowest BCUT2D eigenvalue weighted by molar-refractivity contribution is -0.274. The Bertz CT molecular complexity index is 683. The minimum Gasteiger partial charge on any atom is -0.481 e. The van der Waals surface area contributed by atoms with Crippen LogP contribution in [0.3, 0.4) is 0 Å². The second kappa shape index (κ2) is 5.92. The number of ether oxygens (including phenoxy) is 2. The molecular weight excluding hydrogens is 303 g/mol. The molecule has 0 bridgehead atoms. The van der Waals surface area contributed by atoms with E-state index in [1.54, 1.807) is 6.07 Å². The molecule has 0 saturated heterocycles. The summed E-state index contributed by atoms with van der Waals surface area (Å²) in [5.74, 6) is -1.65. The van der Waals surface area contributed by atoms with Crippen molar-refractivity contribution in [1.82, 2.24) is 4.98 Å². The summed E-state index contributed by atoms with van der Waals surface area (Å²) in [6.45, 7) is 0. The number of benzene rings is 1. The first-order valence-electron chi connectivity index (χ1n) is 5.93. The van der Waals surface area contributed by atoms with E-state index in [4.69, 9.17) is 9.84 Å². The summed E-state index contributed by atoms with van der Waals surface area (Å²) in [6.07, 6.45) is -3.55. The van der Waals surface area contributed by atoms with Crippen LogP contribution in [0.1, 0.15) is 10.4 Å². The minimum absolute atomic E-state index is 0.231. The second-order valence-corrected chi connectivity index (χ2v) is 4.19. The van der Waals surface area contributed by atoms with Crippen LogP contribution in [0.25, 0.3) is 11.1 Å². The van der Waals surface area contributed by atoms with E-state index < -0.39 is 18.1 Å². The smallest absolute Gasteiger partial charge is 0.481 e. The van der Waals surface area contributed by atoms with Gasteiger partial charge in [-0.1, -0.05) is 0 Å². The summed E-state index contributed by atoms with van der Waals surface area (Å²) in [6, 6.07) is 6.17. The summed E-state index contributed by atoms with van der Waals surface area (Å²) in [4.78, 5) is 14.9. The molecule has 5 nitrogen and oxygen atoms in total. The van der Waals surface area contributed by atoms with Crippen molar-refractivity contribution in [1.29, 1.82) is 0 Å². The molecule has 1 heterocycles. The summed E-state index contributed by atoms with van der Waals surface area (Å²) < 4.78 is 45.6.